The van der Waals surface area contributed by atoms with Crippen molar-refractivity contribution in [2.45, 2.75) is 115 Å². The Morgan fingerprint density at radius 1 is 1.09 bits per heavy atom. The summed E-state index contributed by atoms with van der Waals surface area (Å²) >= 11 is 0. The van der Waals surface area contributed by atoms with Crippen LogP contribution in [0.5, 0.6) is 0 Å². The lowest BCUT2D eigenvalue weighted by atomic mass is 9.89. The highest BCUT2D eigenvalue weighted by atomic mass is 32.2. The summed E-state index contributed by atoms with van der Waals surface area (Å²) in [5.74, 6) is -0.549. The highest BCUT2D eigenvalue weighted by Crippen LogP contribution is 2.52. The second kappa shape index (κ2) is 11.4. The third-order valence-corrected chi connectivity index (χ3v) is 19.3. The van der Waals surface area contributed by atoms with E-state index in [1.165, 1.54) is 20.2 Å². The van der Waals surface area contributed by atoms with Gasteiger partial charge in [-0.15, -0.1) is 0 Å². The van der Waals surface area contributed by atoms with Gasteiger partial charge in [-0.05, 0) is 43.2 Å². The molecule has 1 spiro atoms. The number of nitrogens with zero attached hydrogens (tertiary/aromatic N) is 2. The van der Waals surface area contributed by atoms with Crippen LogP contribution in [0.3, 0.4) is 0 Å². The Bertz CT molecular complexity index is 1520. The summed E-state index contributed by atoms with van der Waals surface area (Å²) in [6.45, 7) is 21.2. The van der Waals surface area contributed by atoms with Gasteiger partial charge in [0.2, 0.25) is 5.91 Å². The molecule has 1 amide bonds. The van der Waals surface area contributed by atoms with E-state index < -0.39 is 74.5 Å². The minimum atomic E-state index is -4.26. The number of ether oxygens (including phenoxy) is 1. The van der Waals surface area contributed by atoms with E-state index in [-0.39, 0.29) is 27.9 Å². The van der Waals surface area contributed by atoms with Crippen LogP contribution >= 0.6 is 0 Å². The minimum absolute atomic E-state index is 0.0972. The number of hydrogen-bond acceptors (Lipinski definition) is 10. The van der Waals surface area contributed by atoms with Crippen LogP contribution < -0.4 is 22.3 Å². The predicted molar refractivity (Wildman–Crippen MR) is 168 cm³/mol. The van der Waals surface area contributed by atoms with Crippen molar-refractivity contribution in [3.63, 3.8) is 0 Å². The van der Waals surface area contributed by atoms with Crippen molar-refractivity contribution < 1.29 is 31.0 Å². The van der Waals surface area contributed by atoms with Crippen molar-refractivity contribution >= 4 is 32.7 Å². The molecule has 16 heteroatoms. The van der Waals surface area contributed by atoms with Gasteiger partial charge in [0.15, 0.2) is 28.5 Å². The first-order valence-corrected chi connectivity index (χ1v) is 21.5. The maximum atomic E-state index is 13.8. The van der Waals surface area contributed by atoms with Crippen LogP contribution in [0.4, 0.5) is 0 Å². The summed E-state index contributed by atoms with van der Waals surface area (Å²) in [6.07, 6.45) is -2.31. The molecule has 3 rings (SSSR count). The van der Waals surface area contributed by atoms with Crippen molar-refractivity contribution in [3.05, 3.63) is 43.7 Å². The number of likely N-dealkylation sites (N-methyl/N-ethyl adjacent to an activating group) is 1. The average Bonchev–Trinajstić information content (AvgIpc) is 3.27. The van der Waals surface area contributed by atoms with Crippen LogP contribution in [0.2, 0.25) is 36.3 Å². The van der Waals surface area contributed by atoms with Gasteiger partial charge in [0, 0.05) is 18.8 Å². The van der Waals surface area contributed by atoms with Crippen molar-refractivity contribution in [2.75, 3.05) is 13.7 Å². The van der Waals surface area contributed by atoms with Crippen LogP contribution in [-0.4, -0.2) is 71.6 Å². The molecule has 0 aromatic carbocycles. The molecular formula is C27H48N4O9SSi2. The first-order valence-electron chi connectivity index (χ1n) is 14.2. The van der Waals surface area contributed by atoms with Gasteiger partial charge in [-0.3, -0.25) is 18.7 Å². The Kier molecular flexibility index (Phi) is 9.36. The number of carbonyl (C=O) groups is 1. The van der Waals surface area contributed by atoms with E-state index >= 15 is 0 Å². The third kappa shape index (κ3) is 6.51. The van der Waals surface area contributed by atoms with Crippen LogP contribution in [0.1, 0.15) is 53.3 Å². The molecule has 2 aliphatic heterocycles. The van der Waals surface area contributed by atoms with Crippen LogP contribution in [0.15, 0.2) is 26.9 Å². The Labute approximate surface area is 256 Å². The molecule has 3 heterocycles. The molecule has 2 aliphatic rings. The van der Waals surface area contributed by atoms with Crippen LogP contribution in [0.25, 0.3) is 0 Å². The molecule has 1 fully saturated rings. The summed E-state index contributed by atoms with van der Waals surface area (Å²) in [7, 11) is -7.99. The van der Waals surface area contributed by atoms with Gasteiger partial charge < -0.3 is 24.6 Å². The van der Waals surface area contributed by atoms with E-state index in [1.807, 2.05) is 47.0 Å². The molecular weight excluding hydrogens is 613 g/mol. The quantitative estimate of drug-likeness (QED) is 0.312. The largest absolute Gasteiger partial charge is 0.414 e. The fraction of sp³-hybridized carbons (Fsp3) is 0.741. The minimum Gasteiger partial charge on any atom is -0.414 e. The maximum Gasteiger partial charge on any atom is 0.333 e. The number of rotatable bonds is 8. The molecule has 13 nitrogen and oxygen atoms in total. The van der Waals surface area contributed by atoms with Crippen LogP contribution in [0, 0.1) is 6.92 Å². The Balaban J connectivity index is 2.31. The first kappa shape index (κ1) is 35.4. The molecule has 0 radical (unpaired) electrons. The van der Waals surface area contributed by atoms with Gasteiger partial charge in [0.25, 0.3) is 15.7 Å². The zero-order chi connectivity index (χ0) is 33.1. The second-order valence-electron chi connectivity index (χ2n) is 14.4. The number of nitrogens with two attached hydrogens (primary N) is 1. The standard InChI is InChI=1S/C27H48N4O9SSi2/c1-17-13-31(24(34)30(22(17)33)14-20(32)29-8)23-21(39-43(11,12)26(5,6)7)27(18(28)16-41(35,36)40-27)19(38-23)15-37-42(9,10)25(2,3)4/h13,16,19,21,23H,14-15,28H2,1-12H3,(H,29,32)/t19?,21-,23+,27?/m0/s1. The lowest BCUT2D eigenvalue weighted by molar-refractivity contribution is -0.121. The molecule has 0 bridgehead atoms. The molecule has 4 atom stereocenters. The van der Waals surface area contributed by atoms with Gasteiger partial charge in [-0.1, -0.05) is 41.5 Å². The van der Waals surface area contributed by atoms with E-state index in [0.717, 1.165) is 14.5 Å². The molecule has 1 saturated heterocycles. The van der Waals surface area contributed by atoms with Gasteiger partial charge in [-0.2, -0.15) is 8.42 Å². The Hall–Kier alpha value is -2.09. The SMILES string of the molecule is CNC(=O)Cn1c(=O)c(C)cn([C@@H]2OC(CO[Si](C)(C)C(C)(C)C)C3(OS(=O)(=O)C=C3N)[C@H]2O[Si](C)(C)C(C)(C)C)c1=O. The molecule has 2 unspecified atom stereocenters. The molecule has 1 aromatic heterocycles. The van der Waals surface area contributed by atoms with E-state index in [4.69, 9.17) is 23.5 Å². The molecule has 0 saturated carbocycles. The predicted octanol–water partition coefficient (Wildman–Crippen LogP) is 2.27. The number of carbonyl (C=O) groups excluding carboxylic acids is 1. The van der Waals surface area contributed by atoms with Crippen molar-refractivity contribution in [1.29, 1.82) is 0 Å². The highest BCUT2D eigenvalue weighted by Gasteiger charge is 2.67. The Morgan fingerprint density at radius 2 is 1.65 bits per heavy atom. The van der Waals surface area contributed by atoms with Crippen molar-refractivity contribution in [2.24, 2.45) is 5.73 Å². The monoisotopic (exact) mass is 660 g/mol. The number of nitrogens with one attached hydrogen (secondary N) is 1. The van der Waals surface area contributed by atoms with Crippen molar-refractivity contribution in [3.8, 4) is 0 Å². The Morgan fingerprint density at radius 3 is 2.12 bits per heavy atom. The average molecular weight is 661 g/mol. The summed E-state index contributed by atoms with van der Waals surface area (Å²) in [5, 5.41) is 2.74. The zero-order valence-electron chi connectivity index (χ0n) is 27.4. The fourth-order valence-corrected chi connectivity index (χ4v) is 8.02. The molecule has 1 aromatic rings. The summed E-state index contributed by atoms with van der Waals surface area (Å²) in [4.78, 5) is 39.0. The summed E-state index contributed by atoms with van der Waals surface area (Å²) in [5.41, 5.74) is 3.19. The number of hydrogen-bond donors (Lipinski definition) is 2. The van der Waals surface area contributed by atoms with Gasteiger partial charge in [0.1, 0.15) is 18.8 Å². The van der Waals surface area contributed by atoms with Crippen LogP contribution in [-0.2, 0) is 39.2 Å². The third-order valence-electron chi connectivity index (χ3n) is 9.29. The fourth-order valence-electron chi connectivity index (χ4n) is 4.52. The first-order chi connectivity index (χ1) is 19.3. The lowest BCUT2D eigenvalue weighted by Gasteiger charge is -2.43. The van der Waals surface area contributed by atoms with E-state index in [2.05, 4.69) is 26.1 Å². The molecule has 244 valence electrons. The smallest absolute Gasteiger partial charge is 0.333 e. The number of aromatic nitrogens is 2. The number of aryl methyl sites for hydroxylation is 1. The van der Waals surface area contributed by atoms with Gasteiger partial charge in [-0.25, -0.2) is 8.98 Å². The van der Waals surface area contributed by atoms with E-state index in [9.17, 15) is 22.8 Å². The van der Waals surface area contributed by atoms with Crippen molar-refractivity contribution in [1.82, 2.24) is 14.5 Å². The van der Waals surface area contributed by atoms with E-state index in [1.54, 1.807) is 0 Å². The normalized spacial score (nSPS) is 26.1. The molecule has 0 aliphatic carbocycles. The second-order valence-corrected chi connectivity index (χ2v) is 25.3. The van der Waals surface area contributed by atoms with E-state index in [0.29, 0.717) is 0 Å². The van der Waals surface area contributed by atoms with Gasteiger partial charge >= 0.3 is 5.69 Å². The van der Waals surface area contributed by atoms with Gasteiger partial charge in [0.05, 0.1) is 17.7 Å². The summed E-state index contributed by atoms with van der Waals surface area (Å²) < 4.78 is 53.6. The number of amides is 1. The zero-order valence-corrected chi connectivity index (χ0v) is 30.2. The maximum absolute atomic E-state index is 13.8. The summed E-state index contributed by atoms with van der Waals surface area (Å²) in [6, 6.07) is 0. The highest BCUT2D eigenvalue weighted by molar-refractivity contribution is 7.90. The topological polar surface area (TPSA) is 170 Å². The molecule has 3 N–H and O–H groups in total. The molecule has 43 heavy (non-hydrogen) atoms. The lowest BCUT2D eigenvalue weighted by Crippen LogP contribution is -2.59.